The third kappa shape index (κ3) is 3.29. The second-order valence-electron chi connectivity index (χ2n) is 4.53. The Balaban J connectivity index is 1.66. The van der Waals surface area contributed by atoms with Gasteiger partial charge in [0.2, 0.25) is 0 Å². The van der Waals surface area contributed by atoms with E-state index in [2.05, 4.69) is 15.5 Å². The quantitative estimate of drug-likeness (QED) is 0.345. The Morgan fingerprint density at radius 2 is 1.86 bits per heavy atom. The number of carbonyl (C=O) groups is 1. The van der Waals surface area contributed by atoms with Gasteiger partial charge in [0.25, 0.3) is 0 Å². The number of amidine groups is 1. The Bertz CT molecular complexity index is 795. The highest BCUT2D eigenvalue weighted by atomic mass is 32.1. The number of thiazole rings is 1. The molecule has 22 heavy (non-hydrogen) atoms. The SMILES string of the molecule is CC(=NOC(=O)c1ccccc1)Nc1nc2ccccc2s1. The molecule has 0 aliphatic heterocycles. The van der Waals surface area contributed by atoms with Crippen LogP contribution in [0.5, 0.6) is 0 Å². The van der Waals surface area contributed by atoms with E-state index >= 15 is 0 Å². The van der Waals surface area contributed by atoms with Gasteiger partial charge in [-0.1, -0.05) is 46.8 Å². The minimum atomic E-state index is -0.494. The zero-order valence-corrected chi connectivity index (χ0v) is 12.6. The lowest BCUT2D eigenvalue weighted by atomic mass is 10.2. The second-order valence-corrected chi connectivity index (χ2v) is 5.56. The minimum absolute atomic E-state index is 0.457. The topological polar surface area (TPSA) is 63.6 Å². The molecule has 1 aromatic heterocycles. The van der Waals surface area contributed by atoms with Gasteiger partial charge in [-0.25, -0.2) is 9.78 Å². The van der Waals surface area contributed by atoms with Gasteiger partial charge in [0.15, 0.2) is 5.13 Å². The zero-order valence-electron chi connectivity index (χ0n) is 11.8. The molecule has 2 aromatic carbocycles. The number of fused-ring (bicyclic) bond motifs is 1. The summed E-state index contributed by atoms with van der Waals surface area (Å²) in [4.78, 5) is 21.1. The largest absolute Gasteiger partial charge is 0.365 e. The maximum atomic E-state index is 11.8. The van der Waals surface area contributed by atoms with Crippen molar-refractivity contribution < 1.29 is 9.63 Å². The van der Waals surface area contributed by atoms with Gasteiger partial charge < -0.3 is 10.2 Å². The molecule has 1 heterocycles. The van der Waals surface area contributed by atoms with Crippen molar-refractivity contribution in [3.05, 3.63) is 60.2 Å². The number of para-hydroxylation sites is 1. The highest BCUT2D eigenvalue weighted by Gasteiger charge is 2.07. The number of hydrogen-bond donors (Lipinski definition) is 1. The highest BCUT2D eigenvalue weighted by molar-refractivity contribution is 7.22. The van der Waals surface area contributed by atoms with Gasteiger partial charge in [-0.05, 0) is 31.2 Å². The van der Waals surface area contributed by atoms with Crippen molar-refractivity contribution in [2.45, 2.75) is 6.92 Å². The van der Waals surface area contributed by atoms with Gasteiger partial charge >= 0.3 is 5.97 Å². The van der Waals surface area contributed by atoms with Gasteiger partial charge in [-0.15, -0.1) is 0 Å². The maximum absolute atomic E-state index is 11.8. The van der Waals surface area contributed by atoms with Crippen LogP contribution in [0.15, 0.2) is 59.8 Å². The number of rotatable bonds is 3. The third-order valence-electron chi connectivity index (χ3n) is 2.86. The van der Waals surface area contributed by atoms with Gasteiger partial charge in [0.1, 0.15) is 5.84 Å². The number of aromatic nitrogens is 1. The van der Waals surface area contributed by atoms with Crippen LogP contribution in [-0.4, -0.2) is 16.8 Å². The molecule has 0 radical (unpaired) electrons. The van der Waals surface area contributed by atoms with Crippen molar-refractivity contribution in [2.24, 2.45) is 5.16 Å². The van der Waals surface area contributed by atoms with Crippen LogP contribution >= 0.6 is 11.3 Å². The number of hydrogen-bond acceptors (Lipinski definition) is 5. The molecule has 0 aliphatic carbocycles. The Morgan fingerprint density at radius 1 is 1.14 bits per heavy atom. The fraction of sp³-hybridized carbons (Fsp3) is 0.0625. The summed E-state index contributed by atoms with van der Waals surface area (Å²) in [6.07, 6.45) is 0. The second kappa shape index (κ2) is 6.36. The fourth-order valence-corrected chi connectivity index (χ4v) is 2.76. The molecular weight excluding hydrogens is 298 g/mol. The molecule has 0 saturated heterocycles. The van der Waals surface area contributed by atoms with E-state index in [1.165, 1.54) is 11.3 Å². The van der Waals surface area contributed by atoms with Gasteiger partial charge in [-0.2, -0.15) is 0 Å². The number of nitrogens with one attached hydrogen (secondary N) is 1. The summed E-state index contributed by atoms with van der Waals surface area (Å²) in [6.45, 7) is 1.71. The third-order valence-corrected chi connectivity index (χ3v) is 3.81. The average molecular weight is 311 g/mol. The summed E-state index contributed by atoms with van der Waals surface area (Å²) in [7, 11) is 0. The molecule has 0 saturated carbocycles. The molecule has 110 valence electrons. The van der Waals surface area contributed by atoms with Gasteiger partial charge in [-0.3, -0.25) is 0 Å². The van der Waals surface area contributed by atoms with Crippen molar-refractivity contribution in [1.82, 2.24) is 4.98 Å². The molecule has 5 nitrogen and oxygen atoms in total. The number of benzene rings is 2. The molecule has 3 aromatic rings. The molecule has 1 N–H and O–H groups in total. The Labute approximate surface area is 131 Å². The van der Waals surface area contributed by atoms with E-state index in [1.807, 2.05) is 30.3 Å². The number of carbonyl (C=O) groups excluding carboxylic acids is 1. The first-order valence-electron chi connectivity index (χ1n) is 6.66. The predicted molar refractivity (Wildman–Crippen MR) is 88.2 cm³/mol. The molecule has 0 atom stereocenters. The smallest absolute Gasteiger partial charge is 0.317 e. The molecule has 0 fully saturated rings. The van der Waals surface area contributed by atoms with Crippen LogP contribution in [0.3, 0.4) is 0 Å². The minimum Gasteiger partial charge on any atom is -0.317 e. The van der Waals surface area contributed by atoms with Crippen LogP contribution in [0.4, 0.5) is 5.13 Å². The van der Waals surface area contributed by atoms with Crippen LogP contribution in [0.1, 0.15) is 17.3 Å². The Morgan fingerprint density at radius 3 is 2.64 bits per heavy atom. The molecule has 0 aliphatic rings. The number of anilines is 1. The van der Waals surface area contributed by atoms with Crippen LogP contribution in [0, 0.1) is 0 Å². The van der Waals surface area contributed by atoms with Crippen molar-refractivity contribution in [1.29, 1.82) is 0 Å². The highest BCUT2D eigenvalue weighted by Crippen LogP contribution is 2.25. The molecule has 6 heteroatoms. The van der Waals surface area contributed by atoms with Crippen LogP contribution < -0.4 is 5.32 Å². The monoisotopic (exact) mass is 311 g/mol. The van der Waals surface area contributed by atoms with Crippen molar-refractivity contribution >= 4 is 38.5 Å². The summed E-state index contributed by atoms with van der Waals surface area (Å²) < 4.78 is 1.08. The van der Waals surface area contributed by atoms with Gasteiger partial charge in [0.05, 0.1) is 15.8 Å². The summed E-state index contributed by atoms with van der Waals surface area (Å²) in [5.74, 6) is -0.0330. The van der Waals surface area contributed by atoms with E-state index < -0.39 is 5.97 Å². The average Bonchev–Trinajstić information content (AvgIpc) is 2.95. The molecule has 0 unspecified atom stereocenters. The molecule has 0 bridgehead atoms. The van der Waals surface area contributed by atoms with E-state index in [1.54, 1.807) is 31.2 Å². The van der Waals surface area contributed by atoms with E-state index in [0.717, 1.165) is 10.2 Å². The molecule has 0 spiro atoms. The summed E-state index contributed by atoms with van der Waals surface area (Å²) >= 11 is 1.51. The van der Waals surface area contributed by atoms with E-state index in [-0.39, 0.29) is 0 Å². The molecule has 3 rings (SSSR count). The lowest BCUT2D eigenvalue weighted by Crippen LogP contribution is -2.09. The van der Waals surface area contributed by atoms with E-state index in [0.29, 0.717) is 16.5 Å². The standard InChI is InChI=1S/C16H13N3O2S/c1-11(19-21-15(20)12-7-3-2-4-8-12)17-16-18-13-9-5-6-10-14(13)22-16/h2-10H,1H3,(H,17,18,19). The first kappa shape index (κ1) is 14.2. The van der Waals surface area contributed by atoms with E-state index in [4.69, 9.17) is 4.84 Å². The summed E-state index contributed by atoms with van der Waals surface area (Å²) in [6, 6.07) is 16.6. The maximum Gasteiger partial charge on any atom is 0.365 e. The predicted octanol–water partition coefficient (Wildman–Crippen LogP) is 3.90. The number of oxime groups is 1. The first-order valence-corrected chi connectivity index (χ1v) is 7.47. The molecule has 0 amide bonds. The fourth-order valence-electron chi connectivity index (χ4n) is 1.84. The van der Waals surface area contributed by atoms with Gasteiger partial charge in [0, 0.05) is 0 Å². The normalized spacial score (nSPS) is 11.4. The number of nitrogens with zero attached hydrogens (tertiary/aromatic N) is 2. The van der Waals surface area contributed by atoms with Crippen molar-refractivity contribution in [3.63, 3.8) is 0 Å². The van der Waals surface area contributed by atoms with Crippen LogP contribution in [-0.2, 0) is 4.84 Å². The van der Waals surface area contributed by atoms with Crippen LogP contribution in [0.25, 0.3) is 10.2 Å². The Hall–Kier alpha value is -2.73. The first-order chi connectivity index (χ1) is 10.7. The lowest BCUT2D eigenvalue weighted by molar-refractivity contribution is 0.0516. The zero-order chi connectivity index (χ0) is 15.4. The van der Waals surface area contributed by atoms with Crippen LogP contribution in [0.2, 0.25) is 0 Å². The van der Waals surface area contributed by atoms with E-state index in [9.17, 15) is 4.79 Å². The lowest BCUT2D eigenvalue weighted by Gasteiger charge is -2.01. The summed E-state index contributed by atoms with van der Waals surface area (Å²) in [5.41, 5.74) is 1.38. The van der Waals surface area contributed by atoms with Crippen molar-refractivity contribution in [3.8, 4) is 0 Å². The molecular formula is C16H13N3O2S. The summed E-state index contributed by atoms with van der Waals surface area (Å²) in [5, 5.41) is 7.51. The van der Waals surface area contributed by atoms with Crippen molar-refractivity contribution in [2.75, 3.05) is 5.32 Å². The Kier molecular flexibility index (Phi) is 4.11.